The molecule has 0 radical (unpaired) electrons. The molecular weight excluding hydrogens is 1650 g/mol. The van der Waals surface area contributed by atoms with Gasteiger partial charge in [-0.3, -0.25) is 38.5 Å². The van der Waals surface area contributed by atoms with Gasteiger partial charge >= 0.3 is 5.97 Å². The predicted molar refractivity (Wildman–Crippen MR) is 445 cm³/mol. The van der Waals surface area contributed by atoms with Gasteiger partial charge in [0, 0.05) is 74.5 Å². The number of nitrogens with two attached hydrogens (primary N) is 2. The van der Waals surface area contributed by atoms with E-state index in [1.54, 1.807) is 13.8 Å². The highest BCUT2D eigenvalue weighted by Crippen LogP contribution is 2.51. The molecule has 2 saturated heterocycles. The fourth-order valence-corrected chi connectivity index (χ4v) is 16.2. The second kappa shape index (κ2) is 43.5. The van der Waals surface area contributed by atoms with E-state index < -0.39 is 250 Å². The summed E-state index contributed by atoms with van der Waals surface area (Å²) < 4.78 is 39.9. The van der Waals surface area contributed by atoms with Gasteiger partial charge in [-0.05, 0) is 129 Å². The number of nitrogens with zero attached hydrogens (tertiary/aromatic N) is 1. The zero-order valence-corrected chi connectivity index (χ0v) is 70.7. The quantitative estimate of drug-likeness (QED) is 0.0268. The van der Waals surface area contributed by atoms with Crippen LogP contribution in [0.15, 0.2) is 72.8 Å². The Morgan fingerprint density at radius 1 is 0.683 bits per heavy atom. The maximum atomic E-state index is 16.4. The SMILES string of the molecule is CCCCCCCCCCNCCN[C@@]1(C)C[C@H](O[C@H]2[C@H](Oc3c4cc5cc3Oc3ccc(cc3Cl)[C@@H](O)[C@@H](NC(=O)[C@@H](CC(C)C)NC)C(=O)N[C@@H](CC(N)=O)C(=O)N[C@H]5C(=O)N[C@H]3C(=O)N[C@H](C(=O)N[C@H](C(=O)O)c5cc(O)c(CN(CCO)CCCO)c(O)c5-c5cc3ccc5O)[C@H](O)c3ccc(c(Cl)c3)O4)O[C@H](CN)[C@@H](O)[C@@H]2O)O[C@@H](C)[C@H]1O. The van der Waals surface area contributed by atoms with Crippen LogP contribution in [0.1, 0.15) is 175 Å². The molecule has 2 fully saturated rings. The Balaban J connectivity index is 1.17. The van der Waals surface area contributed by atoms with Crippen LogP contribution in [-0.4, -0.2) is 247 Å². The average Bonchev–Trinajstić information content (AvgIpc) is 0.752. The molecule has 12 rings (SSSR count). The van der Waals surface area contributed by atoms with Gasteiger partial charge < -0.3 is 144 Å². The zero-order valence-electron chi connectivity index (χ0n) is 69.2. The molecule has 5 aromatic carbocycles. The van der Waals surface area contributed by atoms with Gasteiger partial charge in [0.2, 0.25) is 53.4 Å². The molecule has 37 nitrogen and oxygen atoms in total. The summed E-state index contributed by atoms with van der Waals surface area (Å²) in [7, 11) is 1.48. The minimum absolute atomic E-state index is 0.0679. The fraction of sp³-hybridized carbons (Fsp3) is 0.548. The number of carboxylic acids is 1. The molecule has 18 atom stereocenters. The van der Waals surface area contributed by atoms with Gasteiger partial charge in [0.1, 0.15) is 89.5 Å². The van der Waals surface area contributed by atoms with E-state index >= 15 is 24.0 Å². The number of aliphatic hydroxyl groups is 7. The molecule has 24 N–H and O–H groups in total. The van der Waals surface area contributed by atoms with Crippen molar-refractivity contribution in [2.75, 3.05) is 59.5 Å². The first-order valence-corrected chi connectivity index (χ1v) is 42.1. The number of carbonyl (C=O) groups is 8. The van der Waals surface area contributed by atoms with Crippen molar-refractivity contribution in [3.05, 3.63) is 116 Å². The fourth-order valence-electron chi connectivity index (χ4n) is 15.8. The Labute approximate surface area is 720 Å². The zero-order chi connectivity index (χ0) is 89.4. The molecule has 7 aliphatic rings. The van der Waals surface area contributed by atoms with Crippen molar-refractivity contribution in [2.45, 2.75) is 227 Å². The molecule has 0 aromatic heterocycles. The third kappa shape index (κ3) is 23.4. The highest BCUT2D eigenvalue weighted by atomic mass is 35.5. The van der Waals surface area contributed by atoms with Gasteiger partial charge in [-0.15, -0.1) is 0 Å². The number of aromatic hydroxyl groups is 3. The third-order valence-corrected chi connectivity index (χ3v) is 23.1. The topological polar surface area (TPSA) is 578 Å². The van der Waals surface area contributed by atoms with Crippen LogP contribution in [-0.2, 0) is 59.1 Å². The number of phenols is 3. The number of unbranched alkanes of at least 4 members (excludes halogenated alkanes) is 7. The lowest BCUT2D eigenvalue weighted by Gasteiger charge is -2.48. The molecule has 11 bridgehead atoms. The molecule has 0 spiro atoms. The van der Waals surface area contributed by atoms with E-state index in [9.17, 15) is 70.6 Å². The molecule has 7 amide bonds. The highest BCUT2D eigenvalue weighted by molar-refractivity contribution is 6.32. The second-order valence-corrected chi connectivity index (χ2v) is 33.0. The monoisotopic (exact) mass is 1760 g/mol. The predicted octanol–water partition coefficient (Wildman–Crippen LogP) is 2.61. The Morgan fingerprint density at radius 3 is 1.92 bits per heavy atom. The number of aliphatic hydroxyl groups excluding tert-OH is 7. The van der Waals surface area contributed by atoms with Crippen molar-refractivity contribution < 1.29 is 123 Å². The summed E-state index contributed by atoms with van der Waals surface area (Å²) in [6.07, 6.45) is -8.47. The van der Waals surface area contributed by atoms with Crippen LogP contribution in [0, 0.1) is 5.92 Å². The average molecular weight is 1760 g/mol. The number of fused-ring (bicyclic) bond motifs is 15. The molecular formula is C84H114Cl2N12O25. The first-order chi connectivity index (χ1) is 58.6. The number of amides is 7. The Bertz CT molecular complexity index is 4570. The molecule has 39 heteroatoms. The number of hydrogen-bond donors (Lipinski definition) is 22. The van der Waals surface area contributed by atoms with E-state index in [0.717, 1.165) is 86.5 Å². The van der Waals surface area contributed by atoms with Crippen molar-refractivity contribution in [3.8, 4) is 57.1 Å². The van der Waals surface area contributed by atoms with Crippen LogP contribution in [0.2, 0.25) is 10.0 Å². The number of likely N-dealkylation sites (N-methyl/N-ethyl adjacent to an activating group) is 1. The number of phenolic OH excluding ortho intramolecular Hbond substituents is 3. The molecule has 674 valence electrons. The summed E-state index contributed by atoms with van der Waals surface area (Å²) in [6.45, 7) is 9.18. The number of carbonyl (C=O) groups excluding carboxylic acids is 7. The van der Waals surface area contributed by atoms with E-state index in [-0.39, 0.29) is 78.1 Å². The van der Waals surface area contributed by atoms with Crippen LogP contribution in [0.25, 0.3) is 11.1 Å². The smallest absolute Gasteiger partial charge is 0.330 e. The molecule has 0 saturated carbocycles. The Morgan fingerprint density at radius 2 is 1.31 bits per heavy atom. The number of benzene rings is 5. The number of rotatable bonds is 33. The van der Waals surface area contributed by atoms with Gasteiger partial charge in [0.25, 0.3) is 0 Å². The summed E-state index contributed by atoms with van der Waals surface area (Å²) in [6, 6.07) is -1.46. The highest BCUT2D eigenvalue weighted by Gasteiger charge is 2.52. The summed E-state index contributed by atoms with van der Waals surface area (Å²) >= 11 is 14.4. The summed E-state index contributed by atoms with van der Waals surface area (Å²) in [4.78, 5) is 121. The van der Waals surface area contributed by atoms with E-state index in [0.29, 0.717) is 13.1 Å². The number of primary amides is 1. The van der Waals surface area contributed by atoms with Crippen LogP contribution in [0.3, 0.4) is 0 Å². The van der Waals surface area contributed by atoms with Crippen molar-refractivity contribution in [1.29, 1.82) is 0 Å². The normalized spacial score (nSPS) is 26.4. The molecule has 0 aliphatic carbocycles. The molecule has 7 aliphatic heterocycles. The van der Waals surface area contributed by atoms with E-state index in [4.69, 9.17) is 63.1 Å². The lowest BCUT2D eigenvalue weighted by molar-refractivity contribution is -0.331. The number of aliphatic carboxylic acids is 1. The van der Waals surface area contributed by atoms with Crippen LogP contribution in [0.4, 0.5) is 0 Å². The first-order valence-electron chi connectivity index (χ1n) is 41.3. The number of carboxylic acid groups (broad SMARTS) is 1. The van der Waals surface area contributed by atoms with Gasteiger partial charge in [-0.25, -0.2) is 4.79 Å². The van der Waals surface area contributed by atoms with Crippen molar-refractivity contribution >= 4 is 70.5 Å². The molecule has 5 aromatic rings. The van der Waals surface area contributed by atoms with Crippen LogP contribution >= 0.6 is 23.2 Å². The van der Waals surface area contributed by atoms with Gasteiger partial charge in [0.05, 0.1) is 46.9 Å². The van der Waals surface area contributed by atoms with Crippen LogP contribution in [0.5, 0.6) is 46.0 Å². The standard InChI is InChI=1S/C84H114Cl2N12O25/c1-7-8-9-10-11-12-13-14-22-90-23-24-91-84(5)37-61(118-41(4)75(84)109)122-74-72(108)71(107)59(38-87)121-83(74)123-73-57-33-45-34-58(73)120-56-21-18-44(32-50(56)86)69(105)67-81(115)95-65(82(116)117)47-35-54(102)48(39-98(26-28-100)25-15-27-99)70(106)62(47)46-30-42(16-19-53(46)101)63(78(112)97-67)94-79(113)64(45)93-77(111)52(36-60(88)103)92-80(114)66(96-76(110)51(89-6)29-40(2)3)68(104)43-17-20-55(119-57)49(85)31-43/h16-21,30-35,40-41,51-52,59,61,63-69,71-72,74-75,83,89-91,99-102,104-109H,7-15,22-29,36-39,87H2,1-6H3,(H2,88,103)(H,92,114)(H,93,111)(H,94,113)(H,95,115)(H,96,110)(H,97,112)(H,116,117)/t41-,51+,52-,59+,61-,63+,64+,65-,66+,67-,68+,69+,71+,72-,74+,75+,83-,84-/m0/s1. The van der Waals surface area contributed by atoms with Gasteiger partial charge in [-0.1, -0.05) is 107 Å². The number of nitrogens with one attached hydrogen (secondary N) is 9. The van der Waals surface area contributed by atoms with Crippen LogP contribution < -0.4 is 73.5 Å². The number of hydrogen-bond acceptors (Lipinski definition) is 29. The number of halogens is 2. The lowest BCUT2D eigenvalue weighted by atomic mass is 9.85. The Hall–Kier alpha value is -9.36. The largest absolute Gasteiger partial charge is 0.507 e. The maximum Gasteiger partial charge on any atom is 0.330 e. The summed E-state index contributed by atoms with van der Waals surface area (Å²) in [5.41, 5.74) is 7.58. The molecule has 0 unspecified atom stereocenters. The first kappa shape index (κ1) is 95.9. The Kier molecular flexibility index (Phi) is 33.9. The third-order valence-electron chi connectivity index (χ3n) is 22.5. The van der Waals surface area contributed by atoms with E-state index in [2.05, 4.69) is 54.8 Å². The minimum atomic E-state index is -2.38. The summed E-state index contributed by atoms with van der Waals surface area (Å²) in [5, 5.41) is 152. The minimum Gasteiger partial charge on any atom is -0.507 e. The van der Waals surface area contributed by atoms with E-state index in [1.807, 2.05) is 13.8 Å². The summed E-state index contributed by atoms with van der Waals surface area (Å²) in [5.74, 6) is -16.1. The maximum absolute atomic E-state index is 16.4. The van der Waals surface area contributed by atoms with Crippen molar-refractivity contribution in [1.82, 2.24) is 52.8 Å². The molecule has 123 heavy (non-hydrogen) atoms. The van der Waals surface area contributed by atoms with Gasteiger partial charge in [-0.2, -0.15) is 0 Å². The molecule has 7 heterocycles. The number of ether oxygens (including phenoxy) is 6. The van der Waals surface area contributed by atoms with Crippen molar-refractivity contribution in [3.63, 3.8) is 0 Å². The lowest BCUT2D eigenvalue weighted by Crippen LogP contribution is -2.66. The van der Waals surface area contributed by atoms with E-state index in [1.165, 1.54) is 56.2 Å². The van der Waals surface area contributed by atoms with Crippen molar-refractivity contribution in [2.24, 2.45) is 17.4 Å². The second-order valence-electron chi connectivity index (χ2n) is 32.2. The van der Waals surface area contributed by atoms with Gasteiger partial charge in [0.15, 0.2) is 29.9 Å².